The monoisotopic (exact) mass is 211 g/mol. The van der Waals surface area contributed by atoms with Gasteiger partial charge in [-0.3, -0.25) is 4.79 Å². The Kier molecular flexibility index (Phi) is 4.30. The average Bonchev–Trinajstić information content (AvgIpc) is 2.74. The van der Waals surface area contributed by atoms with E-state index >= 15 is 0 Å². The second-order valence-electron chi connectivity index (χ2n) is 3.47. The molecule has 1 heterocycles. The summed E-state index contributed by atoms with van der Waals surface area (Å²) in [6.07, 6.45) is 0.969. The average molecular weight is 211 g/mol. The van der Waals surface area contributed by atoms with Gasteiger partial charge in [-0.05, 0) is 6.42 Å². The van der Waals surface area contributed by atoms with Gasteiger partial charge in [-0.1, -0.05) is 19.0 Å². The zero-order valence-corrected chi connectivity index (χ0v) is 9.12. The molecule has 0 spiro atoms. The highest BCUT2D eigenvalue weighted by Gasteiger charge is 2.14. The Labute approximate surface area is 89.0 Å². The minimum Gasteiger partial charge on any atom is -0.351 e. The standard InChI is InChI=1S/C10H17N3O2/c1-3-7(2)8-6-9(15-13-8)10(14)12-5-4-11/h6-7H,3-5,11H2,1-2H3,(H,12,14). The molecule has 0 aliphatic rings. The van der Waals surface area contributed by atoms with Crippen molar-refractivity contribution in [2.45, 2.75) is 26.2 Å². The molecule has 5 heteroatoms. The Morgan fingerprint density at radius 3 is 3.07 bits per heavy atom. The number of rotatable bonds is 5. The first-order valence-electron chi connectivity index (χ1n) is 5.13. The summed E-state index contributed by atoms with van der Waals surface area (Å²) in [5.41, 5.74) is 6.08. The first-order valence-corrected chi connectivity index (χ1v) is 5.13. The lowest BCUT2D eigenvalue weighted by atomic mass is 10.1. The third-order valence-electron chi connectivity index (χ3n) is 2.30. The van der Waals surface area contributed by atoms with Crippen LogP contribution in [-0.4, -0.2) is 24.2 Å². The van der Waals surface area contributed by atoms with Crippen molar-refractivity contribution in [3.05, 3.63) is 17.5 Å². The van der Waals surface area contributed by atoms with Gasteiger partial charge >= 0.3 is 0 Å². The van der Waals surface area contributed by atoms with Gasteiger partial charge in [-0.2, -0.15) is 0 Å². The largest absolute Gasteiger partial charge is 0.351 e. The molecule has 1 rings (SSSR count). The molecule has 1 aromatic heterocycles. The lowest BCUT2D eigenvalue weighted by Gasteiger charge is -2.00. The van der Waals surface area contributed by atoms with E-state index in [-0.39, 0.29) is 11.7 Å². The molecule has 5 nitrogen and oxygen atoms in total. The van der Waals surface area contributed by atoms with E-state index in [2.05, 4.69) is 17.4 Å². The van der Waals surface area contributed by atoms with E-state index in [0.29, 0.717) is 19.0 Å². The van der Waals surface area contributed by atoms with Crippen LogP contribution in [0.1, 0.15) is 42.4 Å². The van der Waals surface area contributed by atoms with Crippen LogP contribution < -0.4 is 11.1 Å². The van der Waals surface area contributed by atoms with Crippen LogP contribution in [0.4, 0.5) is 0 Å². The summed E-state index contributed by atoms with van der Waals surface area (Å²) in [5, 5.41) is 6.47. The van der Waals surface area contributed by atoms with E-state index in [1.165, 1.54) is 0 Å². The van der Waals surface area contributed by atoms with Crippen molar-refractivity contribution in [1.82, 2.24) is 10.5 Å². The van der Waals surface area contributed by atoms with Crippen molar-refractivity contribution >= 4 is 5.91 Å². The number of nitrogens with zero attached hydrogens (tertiary/aromatic N) is 1. The van der Waals surface area contributed by atoms with Crippen molar-refractivity contribution in [1.29, 1.82) is 0 Å². The first-order chi connectivity index (χ1) is 7.19. The fourth-order valence-electron chi connectivity index (χ4n) is 1.11. The molecule has 0 saturated carbocycles. The Hall–Kier alpha value is -1.36. The minimum atomic E-state index is -0.262. The van der Waals surface area contributed by atoms with E-state index < -0.39 is 0 Å². The molecule has 0 fully saturated rings. The maximum Gasteiger partial charge on any atom is 0.289 e. The molecule has 84 valence electrons. The third kappa shape index (κ3) is 3.06. The molecule has 1 atom stereocenters. The fraction of sp³-hybridized carbons (Fsp3) is 0.600. The van der Waals surface area contributed by atoms with Gasteiger partial charge in [0.25, 0.3) is 5.91 Å². The van der Waals surface area contributed by atoms with Crippen molar-refractivity contribution < 1.29 is 9.32 Å². The van der Waals surface area contributed by atoms with Gasteiger partial charge in [0.1, 0.15) is 0 Å². The van der Waals surface area contributed by atoms with Crippen LogP contribution in [0, 0.1) is 0 Å². The molecule has 1 amide bonds. The van der Waals surface area contributed by atoms with Crippen molar-refractivity contribution in [3.63, 3.8) is 0 Å². The zero-order chi connectivity index (χ0) is 11.3. The van der Waals surface area contributed by atoms with Gasteiger partial charge in [0.05, 0.1) is 5.69 Å². The van der Waals surface area contributed by atoms with Crippen LogP contribution >= 0.6 is 0 Å². The van der Waals surface area contributed by atoms with Crippen LogP contribution in [0.3, 0.4) is 0 Å². The highest BCUT2D eigenvalue weighted by molar-refractivity contribution is 5.91. The predicted molar refractivity (Wildman–Crippen MR) is 56.6 cm³/mol. The minimum absolute atomic E-state index is 0.249. The Bertz CT molecular complexity index is 322. The summed E-state index contributed by atoms with van der Waals surface area (Å²) in [4.78, 5) is 11.4. The SMILES string of the molecule is CCC(C)c1cc(C(=O)NCCN)on1. The van der Waals surface area contributed by atoms with Gasteiger partial charge in [0.2, 0.25) is 5.76 Å². The number of carbonyl (C=O) groups excluding carboxylic acids is 1. The van der Waals surface area contributed by atoms with E-state index in [1.807, 2.05) is 6.92 Å². The number of amides is 1. The summed E-state index contributed by atoms with van der Waals surface area (Å²) in [7, 11) is 0. The van der Waals surface area contributed by atoms with Crippen LogP contribution in [0.25, 0.3) is 0 Å². The van der Waals surface area contributed by atoms with Gasteiger partial charge < -0.3 is 15.6 Å². The number of nitrogens with two attached hydrogens (primary N) is 1. The Morgan fingerprint density at radius 2 is 2.47 bits per heavy atom. The Morgan fingerprint density at radius 1 is 1.73 bits per heavy atom. The first kappa shape index (κ1) is 11.7. The number of hydrogen-bond acceptors (Lipinski definition) is 4. The van der Waals surface area contributed by atoms with Gasteiger partial charge in [0, 0.05) is 25.1 Å². The summed E-state index contributed by atoms with van der Waals surface area (Å²) >= 11 is 0. The summed E-state index contributed by atoms with van der Waals surface area (Å²) in [5.74, 6) is 0.297. The maximum absolute atomic E-state index is 11.4. The topological polar surface area (TPSA) is 81.2 Å². The van der Waals surface area contributed by atoms with Crippen molar-refractivity contribution in [3.8, 4) is 0 Å². The zero-order valence-electron chi connectivity index (χ0n) is 9.12. The van der Waals surface area contributed by atoms with Gasteiger partial charge in [0.15, 0.2) is 0 Å². The van der Waals surface area contributed by atoms with Crippen LogP contribution in [0.5, 0.6) is 0 Å². The lowest BCUT2D eigenvalue weighted by molar-refractivity contribution is 0.0918. The molecule has 0 radical (unpaired) electrons. The summed E-state index contributed by atoms with van der Waals surface area (Å²) < 4.78 is 4.94. The quantitative estimate of drug-likeness (QED) is 0.757. The maximum atomic E-state index is 11.4. The number of nitrogens with one attached hydrogen (secondary N) is 1. The summed E-state index contributed by atoms with van der Waals surface area (Å²) in [6, 6.07) is 1.68. The van der Waals surface area contributed by atoms with Crippen LogP contribution in [0.2, 0.25) is 0 Å². The molecule has 1 unspecified atom stereocenters. The molecule has 15 heavy (non-hydrogen) atoms. The third-order valence-corrected chi connectivity index (χ3v) is 2.30. The molecule has 0 aromatic carbocycles. The van der Waals surface area contributed by atoms with E-state index in [1.54, 1.807) is 6.07 Å². The molecule has 0 bridgehead atoms. The second kappa shape index (κ2) is 5.50. The fourth-order valence-corrected chi connectivity index (χ4v) is 1.11. The Balaban J connectivity index is 2.63. The molecular weight excluding hydrogens is 194 g/mol. The van der Waals surface area contributed by atoms with Crippen molar-refractivity contribution in [2.75, 3.05) is 13.1 Å². The number of aromatic nitrogens is 1. The van der Waals surface area contributed by atoms with Crippen molar-refractivity contribution in [2.24, 2.45) is 5.73 Å². The van der Waals surface area contributed by atoms with Crippen LogP contribution in [-0.2, 0) is 0 Å². The molecule has 0 aliphatic heterocycles. The lowest BCUT2D eigenvalue weighted by Crippen LogP contribution is -2.28. The molecule has 3 N–H and O–H groups in total. The molecular formula is C10H17N3O2. The normalized spacial score (nSPS) is 12.5. The molecule has 0 aliphatic carbocycles. The van der Waals surface area contributed by atoms with E-state index in [4.69, 9.17) is 10.3 Å². The highest BCUT2D eigenvalue weighted by Crippen LogP contribution is 2.17. The predicted octanol–water partition coefficient (Wildman–Crippen LogP) is 0.877. The summed E-state index contributed by atoms with van der Waals surface area (Å²) in [6.45, 7) is 4.96. The smallest absolute Gasteiger partial charge is 0.289 e. The number of hydrogen-bond donors (Lipinski definition) is 2. The van der Waals surface area contributed by atoms with E-state index in [0.717, 1.165) is 12.1 Å². The van der Waals surface area contributed by atoms with Gasteiger partial charge in [-0.25, -0.2) is 0 Å². The van der Waals surface area contributed by atoms with Crippen LogP contribution in [0.15, 0.2) is 10.6 Å². The van der Waals surface area contributed by atoms with E-state index in [9.17, 15) is 4.79 Å². The van der Waals surface area contributed by atoms with Gasteiger partial charge in [-0.15, -0.1) is 0 Å². The molecule has 1 aromatic rings. The molecule has 0 saturated heterocycles. The highest BCUT2D eigenvalue weighted by atomic mass is 16.5. The second-order valence-corrected chi connectivity index (χ2v) is 3.47. The number of carbonyl (C=O) groups is 1.